The van der Waals surface area contributed by atoms with E-state index in [1.54, 1.807) is 0 Å². The van der Waals surface area contributed by atoms with Crippen LogP contribution in [0.15, 0.2) is 0 Å². The first-order valence-electron chi connectivity index (χ1n) is 6.50. The number of carboxylic acids is 1. The third-order valence-corrected chi connectivity index (χ3v) is 3.70. The van der Waals surface area contributed by atoms with Gasteiger partial charge in [0.1, 0.15) is 0 Å². The fraction of sp³-hybridized carbons (Fsp3) is 0.923. The second kappa shape index (κ2) is 6.24. The van der Waals surface area contributed by atoms with E-state index in [1.807, 2.05) is 0 Å². The molecule has 3 atom stereocenters. The molecule has 1 saturated carbocycles. The normalized spacial score (nSPS) is 30.6. The van der Waals surface area contributed by atoms with Crippen LogP contribution in [0.3, 0.4) is 0 Å². The fourth-order valence-corrected chi connectivity index (χ4v) is 3.01. The van der Waals surface area contributed by atoms with Gasteiger partial charge in [-0.1, -0.05) is 20.8 Å². The van der Waals surface area contributed by atoms with E-state index in [1.165, 1.54) is 12.8 Å². The third kappa shape index (κ3) is 3.78. The second-order valence-electron chi connectivity index (χ2n) is 5.33. The molecular formula is C13H25NO2. The highest BCUT2D eigenvalue weighted by Crippen LogP contribution is 2.31. The molecule has 0 aromatic heterocycles. The molecule has 0 aromatic rings. The summed E-state index contributed by atoms with van der Waals surface area (Å²) in [5.74, 6) is 0.744. The maximum Gasteiger partial charge on any atom is 0.317 e. The van der Waals surface area contributed by atoms with E-state index in [0.29, 0.717) is 12.0 Å². The largest absolute Gasteiger partial charge is 0.480 e. The van der Waals surface area contributed by atoms with Crippen LogP contribution in [0.1, 0.15) is 46.5 Å². The van der Waals surface area contributed by atoms with E-state index in [2.05, 4.69) is 25.7 Å². The summed E-state index contributed by atoms with van der Waals surface area (Å²) in [5, 5.41) is 8.94. The lowest BCUT2D eigenvalue weighted by Crippen LogP contribution is -2.45. The number of carboxylic acid groups (broad SMARTS) is 1. The smallest absolute Gasteiger partial charge is 0.317 e. The molecule has 0 saturated heterocycles. The zero-order chi connectivity index (χ0) is 12.1. The minimum atomic E-state index is -0.695. The number of carbonyl (C=O) groups is 1. The van der Waals surface area contributed by atoms with E-state index < -0.39 is 5.97 Å². The molecule has 0 aliphatic heterocycles. The molecule has 0 amide bonds. The van der Waals surface area contributed by atoms with Gasteiger partial charge in [-0.3, -0.25) is 9.69 Å². The van der Waals surface area contributed by atoms with Gasteiger partial charge in [-0.25, -0.2) is 0 Å². The number of hydrogen-bond donors (Lipinski definition) is 1. The Morgan fingerprint density at radius 1 is 1.38 bits per heavy atom. The fourth-order valence-electron chi connectivity index (χ4n) is 3.01. The Hall–Kier alpha value is -0.570. The van der Waals surface area contributed by atoms with Gasteiger partial charge in [0, 0.05) is 6.04 Å². The maximum absolute atomic E-state index is 10.9. The molecular weight excluding hydrogens is 202 g/mol. The van der Waals surface area contributed by atoms with Crippen molar-refractivity contribution in [2.45, 2.75) is 52.5 Å². The Morgan fingerprint density at radius 3 is 2.56 bits per heavy atom. The Labute approximate surface area is 98.8 Å². The molecule has 1 aliphatic rings. The first-order chi connectivity index (χ1) is 7.54. The van der Waals surface area contributed by atoms with Gasteiger partial charge >= 0.3 is 5.97 Å². The van der Waals surface area contributed by atoms with E-state index in [4.69, 9.17) is 5.11 Å². The van der Waals surface area contributed by atoms with Crippen LogP contribution in [0.5, 0.6) is 0 Å². The molecule has 1 fully saturated rings. The lowest BCUT2D eigenvalue weighted by atomic mass is 9.79. The van der Waals surface area contributed by atoms with Crippen LogP contribution >= 0.6 is 0 Å². The molecule has 1 aliphatic carbocycles. The van der Waals surface area contributed by atoms with Crippen LogP contribution in [0.2, 0.25) is 0 Å². The summed E-state index contributed by atoms with van der Waals surface area (Å²) in [4.78, 5) is 13.0. The van der Waals surface area contributed by atoms with Crippen molar-refractivity contribution in [3.05, 3.63) is 0 Å². The molecule has 0 radical (unpaired) electrons. The standard InChI is InChI=1S/C13H25NO2/c1-4-7-14(9-13(15)16)12-6-5-10(2)8-11(12)3/h10-12H,4-9H2,1-3H3,(H,15,16). The predicted octanol–water partition coefficient (Wildman–Crippen LogP) is 2.61. The molecule has 0 bridgehead atoms. The van der Waals surface area contributed by atoms with Crippen LogP contribution in [0.25, 0.3) is 0 Å². The molecule has 1 rings (SSSR count). The van der Waals surface area contributed by atoms with Crippen LogP contribution < -0.4 is 0 Å². The summed E-state index contributed by atoms with van der Waals surface area (Å²) >= 11 is 0. The molecule has 1 N–H and O–H groups in total. The Balaban J connectivity index is 2.58. The molecule has 3 nitrogen and oxygen atoms in total. The van der Waals surface area contributed by atoms with Gasteiger partial charge in [-0.05, 0) is 44.1 Å². The zero-order valence-electron chi connectivity index (χ0n) is 10.8. The molecule has 16 heavy (non-hydrogen) atoms. The van der Waals surface area contributed by atoms with Gasteiger partial charge < -0.3 is 5.11 Å². The minimum absolute atomic E-state index is 0.206. The first kappa shape index (κ1) is 13.5. The van der Waals surface area contributed by atoms with Gasteiger partial charge in [-0.15, -0.1) is 0 Å². The van der Waals surface area contributed by atoms with Crippen molar-refractivity contribution in [3.63, 3.8) is 0 Å². The van der Waals surface area contributed by atoms with E-state index in [0.717, 1.165) is 25.3 Å². The van der Waals surface area contributed by atoms with Crippen molar-refractivity contribution in [1.82, 2.24) is 4.90 Å². The minimum Gasteiger partial charge on any atom is -0.480 e. The molecule has 3 heteroatoms. The highest BCUT2D eigenvalue weighted by molar-refractivity contribution is 5.69. The van der Waals surface area contributed by atoms with Crippen LogP contribution in [-0.2, 0) is 4.79 Å². The number of aliphatic carboxylic acids is 1. The summed E-state index contributed by atoms with van der Waals surface area (Å²) in [6.07, 6.45) is 4.68. The zero-order valence-corrected chi connectivity index (χ0v) is 10.8. The summed E-state index contributed by atoms with van der Waals surface area (Å²) < 4.78 is 0. The van der Waals surface area contributed by atoms with Gasteiger partial charge in [-0.2, -0.15) is 0 Å². The Morgan fingerprint density at radius 2 is 2.06 bits per heavy atom. The van der Waals surface area contributed by atoms with E-state index >= 15 is 0 Å². The summed E-state index contributed by atoms with van der Waals surface area (Å²) in [6.45, 7) is 7.80. The number of hydrogen-bond acceptors (Lipinski definition) is 2. The van der Waals surface area contributed by atoms with Gasteiger partial charge in [0.05, 0.1) is 6.54 Å². The molecule has 3 unspecified atom stereocenters. The first-order valence-corrected chi connectivity index (χ1v) is 6.50. The van der Waals surface area contributed by atoms with Crippen molar-refractivity contribution < 1.29 is 9.90 Å². The van der Waals surface area contributed by atoms with Crippen molar-refractivity contribution in [3.8, 4) is 0 Å². The lowest BCUT2D eigenvalue weighted by Gasteiger charge is -2.39. The highest BCUT2D eigenvalue weighted by atomic mass is 16.4. The SMILES string of the molecule is CCCN(CC(=O)O)C1CCC(C)CC1C. The Kier molecular flexibility index (Phi) is 5.26. The van der Waals surface area contributed by atoms with E-state index in [9.17, 15) is 4.79 Å². The van der Waals surface area contributed by atoms with Crippen molar-refractivity contribution in [2.75, 3.05) is 13.1 Å². The highest BCUT2D eigenvalue weighted by Gasteiger charge is 2.30. The molecule has 0 heterocycles. The Bertz CT molecular complexity index is 230. The number of rotatable bonds is 5. The quantitative estimate of drug-likeness (QED) is 0.785. The van der Waals surface area contributed by atoms with Crippen LogP contribution in [0, 0.1) is 11.8 Å². The topological polar surface area (TPSA) is 40.5 Å². The summed E-state index contributed by atoms with van der Waals surface area (Å²) in [6, 6.07) is 0.479. The van der Waals surface area contributed by atoms with E-state index in [-0.39, 0.29) is 6.54 Å². The predicted molar refractivity (Wildman–Crippen MR) is 65.5 cm³/mol. The van der Waals surface area contributed by atoms with Gasteiger partial charge in [0.15, 0.2) is 0 Å². The van der Waals surface area contributed by atoms with Crippen LogP contribution in [-0.4, -0.2) is 35.1 Å². The molecule has 0 aromatic carbocycles. The van der Waals surface area contributed by atoms with Crippen LogP contribution in [0.4, 0.5) is 0 Å². The molecule has 0 spiro atoms. The monoisotopic (exact) mass is 227 g/mol. The molecule has 94 valence electrons. The number of nitrogens with zero attached hydrogens (tertiary/aromatic N) is 1. The maximum atomic E-state index is 10.9. The van der Waals surface area contributed by atoms with Gasteiger partial charge in [0.2, 0.25) is 0 Å². The average molecular weight is 227 g/mol. The van der Waals surface area contributed by atoms with Gasteiger partial charge in [0.25, 0.3) is 0 Å². The van der Waals surface area contributed by atoms with Crippen molar-refractivity contribution in [1.29, 1.82) is 0 Å². The summed E-state index contributed by atoms with van der Waals surface area (Å²) in [5.41, 5.74) is 0. The van der Waals surface area contributed by atoms with Crippen molar-refractivity contribution >= 4 is 5.97 Å². The second-order valence-corrected chi connectivity index (χ2v) is 5.33. The summed E-state index contributed by atoms with van der Waals surface area (Å²) in [7, 11) is 0. The lowest BCUT2D eigenvalue weighted by molar-refractivity contribution is -0.139. The average Bonchev–Trinajstić information content (AvgIpc) is 2.16. The van der Waals surface area contributed by atoms with Crippen molar-refractivity contribution in [2.24, 2.45) is 11.8 Å². The third-order valence-electron chi connectivity index (χ3n) is 3.70.